The number of hydrogen-bond acceptors (Lipinski definition) is 3. The molecule has 2 aromatic rings. The lowest BCUT2D eigenvalue weighted by atomic mass is 10.1. The first-order chi connectivity index (χ1) is 10.1. The van der Waals surface area contributed by atoms with Gasteiger partial charge in [0.15, 0.2) is 0 Å². The number of nitrogens with one attached hydrogen (secondary N) is 1. The summed E-state index contributed by atoms with van der Waals surface area (Å²) in [5.41, 5.74) is 6.63. The molecule has 0 bridgehead atoms. The van der Waals surface area contributed by atoms with E-state index in [4.69, 9.17) is 22.1 Å². The molecule has 0 saturated carbocycles. The van der Waals surface area contributed by atoms with Crippen molar-refractivity contribution < 1.29 is 9.53 Å². The van der Waals surface area contributed by atoms with E-state index in [1.54, 1.807) is 36.4 Å². The van der Waals surface area contributed by atoms with E-state index in [2.05, 4.69) is 5.32 Å². The average Bonchev–Trinajstić information content (AvgIpc) is 2.47. The Balaban J connectivity index is 2.33. The van der Waals surface area contributed by atoms with Gasteiger partial charge in [-0.25, -0.2) is 0 Å². The van der Waals surface area contributed by atoms with Crippen LogP contribution >= 0.6 is 11.6 Å². The summed E-state index contributed by atoms with van der Waals surface area (Å²) in [6.07, 6.45) is 0. The second kappa shape index (κ2) is 7.11. The molecule has 0 radical (unpaired) electrons. The second-order valence-electron chi connectivity index (χ2n) is 4.49. The van der Waals surface area contributed by atoms with E-state index in [1.165, 1.54) is 0 Å². The van der Waals surface area contributed by atoms with E-state index in [0.717, 1.165) is 12.1 Å². The van der Waals surface area contributed by atoms with Gasteiger partial charge in [0, 0.05) is 17.1 Å². The van der Waals surface area contributed by atoms with Gasteiger partial charge >= 0.3 is 0 Å². The number of amides is 1. The van der Waals surface area contributed by atoms with Crippen molar-refractivity contribution in [1.82, 2.24) is 5.32 Å². The number of halogens is 1. The number of carbonyl (C=O) groups is 1. The maximum Gasteiger partial charge on any atom is 0.252 e. The Morgan fingerprint density at radius 3 is 2.71 bits per heavy atom. The third-order valence-electron chi connectivity index (χ3n) is 2.96. The van der Waals surface area contributed by atoms with Crippen LogP contribution < -0.4 is 15.8 Å². The molecule has 0 saturated heterocycles. The van der Waals surface area contributed by atoms with Crippen LogP contribution in [0.1, 0.15) is 22.8 Å². The van der Waals surface area contributed by atoms with Crippen molar-refractivity contribution in [2.24, 2.45) is 5.73 Å². The molecule has 21 heavy (non-hydrogen) atoms. The highest BCUT2D eigenvalue weighted by Gasteiger charge is 2.11. The van der Waals surface area contributed by atoms with Crippen molar-refractivity contribution in [3.05, 3.63) is 58.6 Å². The van der Waals surface area contributed by atoms with Gasteiger partial charge in [0.1, 0.15) is 11.5 Å². The second-order valence-corrected chi connectivity index (χ2v) is 4.93. The maximum atomic E-state index is 11.4. The molecule has 0 aromatic heterocycles. The largest absolute Gasteiger partial charge is 0.456 e. The molecule has 0 fully saturated rings. The fraction of sp³-hybridized carbons (Fsp3) is 0.188. The number of hydrogen-bond donors (Lipinski definition) is 2. The molecule has 0 aliphatic rings. The van der Waals surface area contributed by atoms with Crippen LogP contribution in [0.5, 0.6) is 11.5 Å². The molecule has 110 valence electrons. The minimum Gasteiger partial charge on any atom is -0.456 e. The molecule has 0 aliphatic carbocycles. The standard InChI is InChI=1S/C16H17ClN2O2/c1-2-19-10-11-9-12(17)7-8-14(11)21-15-6-4-3-5-13(15)16(18)20/h3-9,19H,2,10H2,1H3,(H2,18,20). The van der Waals surface area contributed by atoms with Crippen LogP contribution in [0.15, 0.2) is 42.5 Å². The molecule has 3 N–H and O–H groups in total. The molecule has 2 rings (SSSR count). The number of ether oxygens (including phenoxy) is 1. The van der Waals surface area contributed by atoms with Gasteiger partial charge in [-0.1, -0.05) is 30.7 Å². The Kier molecular flexibility index (Phi) is 5.20. The lowest BCUT2D eigenvalue weighted by Gasteiger charge is -2.13. The topological polar surface area (TPSA) is 64.3 Å². The average molecular weight is 305 g/mol. The van der Waals surface area contributed by atoms with Crippen LogP contribution in [0.2, 0.25) is 5.02 Å². The normalized spacial score (nSPS) is 10.4. The van der Waals surface area contributed by atoms with E-state index in [9.17, 15) is 4.79 Å². The Hall–Kier alpha value is -2.04. The first-order valence-corrected chi connectivity index (χ1v) is 7.05. The lowest BCUT2D eigenvalue weighted by Crippen LogP contribution is -2.14. The Bertz CT molecular complexity index is 644. The minimum atomic E-state index is -0.521. The highest BCUT2D eigenvalue weighted by molar-refractivity contribution is 6.30. The van der Waals surface area contributed by atoms with Gasteiger partial charge in [-0.05, 0) is 36.9 Å². The van der Waals surface area contributed by atoms with Crippen molar-refractivity contribution in [3.8, 4) is 11.5 Å². The third-order valence-corrected chi connectivity index (χ3v) is 3.20. The lowest BCUT2D eigenvalue weighted by molar-refractivity contribution is 0.0998. The van der Waals surface area contributed by atoms with E-state index in [-0.39, 0.29) is 0 Å². The number of primary amides is 1. The summed E-state index contributed by atoms with van der Waals surface area (Å²) in [4.78, 5) is 11.4. The van der Waals surface area contributed by atoms with Crippen molar-refractivity contribution in [1.29, 1.82) is 0 Å². The number of rotatable bonds is 6. The van der Waals surface area contributed by atoms with E-state index in [1.807, 2.05) is 13.0 Å². The predicted octanol–water partition coefficient (Wildman–Crippen LogP) is 3.34. The van der Waals surface area contributed by atoms with Gasteiger partial charge in [-0.3, -0.25) is 4.79 Å². The number of carbonyl (C=O) groups excluding carboxylic acids is 1. The van der Waals surface area contributed by atoms with Crippen molar-refractivity contribution in [2.75, 3.05) is 6.54 Å². The summed E-state index contributed by atoms with van der Waals surface area (Å²) in [6.45, 7) is 3.49. The molecular formula is C16H17ClN2O2. The van der Waals surface area contributed by atoms with Crippen LogP contribution in [-0.4, -0.2) is 12.5 Å². The highest BCUT2D eigenvalue weighted by atomic mass is 35.5. The van der Waals surface area contributed by atoms with Crippen molar-refractivity contribution in [2.45, 2.75) is 13.5 Å². The van der Waals surface area contributed by atoms with Crippen LogP contribution in [0.3, 0.4) is 0 Å². The first kappa shape index (κ1) is 15.4. The molecule has 4 nitrogen and oxygen atoms in total. The SMILES string of the molecule is CCNCc1cc(Cl)ccc1Oc1ccccc1C(N)=O. The molecule has 5 heteroatoms. The zero-order valence-electron chi connectivity index (χ0n) is 11.7. The molecule has 0 aliphatic heterocycles. The molecule has 2 aromatic carbocycles. The number of nitrogens with two attached hydrogens (primary N) is 1. The van der Waals surface area contributed by atoms with Crippen LogP contribution in [-0.2, 0) is 6.54 Å². The molecular weight excluding hydrogens is 288 g/mol. The fourth-order valence-electron chi connectivity index (χ4n) is 1.92. The molecule has 0 unspecified atom stereocenters. The zero-order valence-corrected chi connectivity index (χ0v) is 12.5. The van der Waals surface area contributed by atoms with E-state index < -0.39 is 5.91 Å². The van der Waals surface area contributed by atoms with Gasteiger partial charge in [0.05, 0.1) is 5.56 Å². The van der Waals surface area contributed by atoms with Crippen LogP contribution in [0.25, 0.3) is 0 Å². The first-order valence-electron chi connectivity index (χ1n) is 6.67. The molecule has 1 amide bonds. The van der Waals surface area contributed by atoms with E-state index in [0.29, 0.717) is 28.6 Å². The summed E-state index contributed by atoms with van der Waals surface area (Å²) in [5, 5.41) is 3.86. The Morgan fingerprint density at radius 2 is 2.00 bits per heavy atom. The predicted molar refractivity (Wildman–Crippen MR) is 83.9 cm³/mol. The van der Waals surface area contributed by atoms with Gasteiger partial charge < -0.3 is 15.8 Å². The van der Waals surface area contributed by atoms with Crippen LogP contribution in [0.4, 0.5) is 0 Å². The summed E-state index contributed by atoms with van der Waals surface area (Å²) < 4.78 is 5.85. The smallest absolute Gasteiger partial charge is 0.252 e. The summed E-state index contributed by atoms with van der Waals surface area (Å²) in [5.74, 6) is 0.562. The summed E-state index contributed by atoms with van der Waals surface area (Å²) >= 11 is 6.02. The fourth-order valence-corrected chi connectivity index (χ4v) is 2.12. The Morgan fingerprint density at radius 1 is 1.24 bits per heavy atom. The van der Waals surface area contributed by atoms with Gasteiger partial charge in [-0.15, -0.1) is 0 Å². The van der Waals surface area contributed by atoms with Crippen molar-refractivity contribution in [3.63, 3.8) is 0 Å². The van der Waals surface area contributed by atoms with E-state index >= 15 is 0 Å². The molecule has 0 atom stereocenters. The summed E-state index contributed by atoms with van der Waals surface area (Å²) in [6, 6.07) is 12.3. The van der Waals surface area contributed by atoms with Gasteiger partial charge in [-0.2, -0.15) is 0 Å². The molecule has 0 heterocycles. The summed E-state index contributed by atoms with van der Waals surface area (Å²) in [7, 11) is 0. The van der Waals surface area contributed by atoms with Crippen molar-refractivity contribution >= 4 is 17.5 Å². The number of benzene rings is 2. The quantitative estimate of drug-likeness (QED) is 0.860. The number of para-hydroxylation sites is 1. The van der Waals surface area contributed by atoms with Gasteiger partial charge in [0.25, 0.3) is 5.91 Å². The maximum absolute atomic E-state index is 11.4. The molecule has 0 spiro atoms. The highest BCUT2D eigenvalue weighted by Crippen LogP contribution is 2.29. The zero-order chi connectivity index (χ0) is 15.2. The van der Waals surface area contributed by atoms with Crippen LogP contribution in [0, 0.1) is 0 Å². The van der Waals surface area contributed by atoms with Gasteiger partial charge in [0.2, 0.25) is 0 Å². The monoisotopic (exact) mass is 304 g/mol. The Labute approximate surface area is 128 Å². The third kappa shape index (κ3) is 3.97. The minimum absolute atomic E-state index is 0.349.